The summed E-state index contributed by atoms with van der Waals surface area (Å²) in [6, 6.07) is 24.1. The number of carbonyl (C=O) groups is 1. The molecule has 0 amide bonds. The van der Waals surface area contributed by atoms with Gasteiger partial charge in [-0.05, 0) is 52.6 Å². The molecule has 26 heavy (non-hydrogen) atoms. The van der Waals surface area contributed by atoms with Gasteiger partial charge in [-0.2, -0.15) is 5.26 Å². The largest absolute Gasteiger partial charge is 0.478 e. The average molecular weight is 343 g/mol. The van der Waals surface area contributed by atoms with Gasteiger partial charge in [0.15, 0.2) is 0 Å². The molecule has 3 aromatic carbocycles. The van der Waals surface area contributed by atoms with Gasteiger partial charge in [-0.3, -0.25) is 0 Å². The Balaban J connectivity index is 1.84. The molecule has 0 saturated carbocycles. The highest BCUT2D eigenvalue weighted by molar-refractivity contribution is 5.89. The summed E-state index contributed by atoms with van der Waals surface area (Å²) in [6.45, 7) is 0.762. The summed E-state index contributed by atoms with van der Waals surface area (Å²) in [6.07, 6.45) is 0. The van der Waals surface area contributed by atoms with Crippen molar-refractivity contribution in [3.8, 4) is 17.2 Å². The number of benzene rings is 3. The molecule has 4 heteroatoms. The van der Waals surface area contributed by atoms with Crippen molar-refractivity contribution < 1.29 is 14.6 Å². The highest BCUT2D eigenvalue weighted by Gasteiger charge is 2.09. The number of nitrogens with zero attached hydrogens (tertiary/aromatic N) is 1. The Morgan fingerprint density at radius 2 is 1.65 bits per heavy atom. The first-order valence-corrected chi connectivity index (χ1v) is 8.15. The maximum atomic E-state index is 11.5. The summed E-state index contributed by atoms with van der Waals surface area (Å²) < 4.78 is 5.73. The molecule has 0 saturated heterocycles. The van der Waals surface area contributed by atoms with E-state index in [0.29, 0.717) is 18.8 Å². The van der Waals surface area contributed by atoms with Crippen LogP contribution in [0.25, 0.3) is 11.1 Å². The number of hydrogen-bond donors (Lipinski definition) is 1. The molecule has 0 aromatic heterocycles. The fourth-order valence-corrected chi connectivity index (χ4v) is 2.69. The number of aromatic carboxylic acids is 1. The smallest absolute Gasteiger partial charge is 0.335 e. The lowest BCUT2D eigenvalue weighted by Gasteiger charge is -2.10. The second-order valence-electron chi connectivity index (χ2n) is 5.89. The van der Waals surface area contributed by atoms with E-state index in [0.717, 1.165) is 22.3 Å². The Labute approximate surface area is 151 Å². The minimum Gasteiger partial charge on any atom is -0.478 e. The molecule has 3 rings (SSSR count). The van der Waals surface area contributed by atoms with Gasteiger partial charge in [-0.25, -0.2) is 4.79 Å². The van der Waals surface area contributed by atoms with E-state index in [1.807, 2.05) is 42.5 Å². The van der Waals surface area contributed by atoms with Crippen molar-refractivity contribution in [1.29, 1.82) is 5.26 Å². The van der Waals surface area contributed by atoms with Crippen LogP contribution in [0.15, 0.2) is 72.8 Å². The first-order valence-electron chi connectivity index (χ1n) is 8.15. The molecule has 0 bridgehead atoms. The molecule has 4 nitrogen and oxygen atoms in total. The van der Waals surface area contributed by atoms with Crippen LogP contribution in [-0.4, -0.2) is 11.1 Å². The van der Waals surface area contributed by atoms with Crippen molar-refractivity contribution >= 4 is 5.97 Å². The summed E-state index contributed by atoms with van der Waals surface area (Å²) in [7, 11) is 0. The normalized spacial score (nSPS) is 10.3. The van der Waals surface area contributed by atoms with E-state index in [1.54, 1.807) is 30.3 Å². The fourth-order valence-electron chi connectivity index (χ4n) is 2.69. The summed E-state index contributed by atoms with van der Waals surface area (Å²) in [5.74, 6) is -0.993. The van der Waals surface area contributed by atoms with Crippen LogP contribution >= 0.6 is 0 Å². The Hall–Kier alpha value is -3.42. The van der Waals surface area contributed by atoms with Crippen LogP contribution in [0.5, 0.6) is 0 Å². The summed E-state index contributed by atoms with van der Waals surface area (Å²) >= 11 is 0. The van der Waals surface area contributed by atoms with Crippen molar-refractivity contribution in [3.63, 3.8) is 0 Å². The number of nitriles is 1. The molecular formula is C22H17NO3. The first kappa shape index (κ1) is 17.4. The molecular weight excluding hydrogens is 326 g/mol. The predicted octanol–water partition coefficient (Wildman–Crippen LogP) is 4.64. The summed E-state index contributed by atoms with van der Waals surface area (Å²) in [5, 5.41) is 18.5. The molecule has 0 aliphatic heterocycles. The lowest BCUT2D eigenvalue weighted by atomic mass is 9.98. The van der Waals surface area contributed by atoms with Crippen molar-refractivity contribution in [1.82, 2.24) is 0 Å². The van der Waals surface area contributed by atoms with E-state index in [1.165, 1.54) is 0 Å². The van der Waals surface area contributed by atoms with Gasteiger partial charge >= 0.3 is 5.97 Å². The minimum absolute atomic E-state index is 0.197. The zero-order chi connectivity index (χ0) is 18.4. The second-order valence-corrected chi connectivity index (χ2v) is 5.89. The van der Waals surface area contributed by atoms with Crippen LogP contribution in [0, 0.1) is 11.3 Å². The second kappa shape index (κ2) is 8.11. The van der Waals surface area contributed by atoms with Crippen molar-refractivity contribution in [3.05, 3.63) is 95.1 Å². The van der Waals surface area contributed by atoms with Crippen LogP contribution in [0.1, 0.15) is 27.0 Å². The van der Waals surface area contributed by atoms with E-state index in [2.05, 4.69) is 6.07 Å². The molecule has 0 aliphatic carbocycles. The van der Waals surface area contributed by atoms with Crippen LogP contribution in [-0.2, 0) is 18.0 Å². The molecule has 3 aromatic rings. The van der Waals surface area contributed by atoms with Crippen LogP contribution in [0.2, 0.25) is 0 Å². The van der Waals surface area contributed by atoms with E-state index in [-0.39, 0.29) is 5.56 Å². The van der Waals surface area contributed by atoms with Gasteiger partial charge < -0.3 is 9.84 Å². The van der Waals surface area contributed by atoms with Crippen molar-refractivity contribution in [2.45, 2.75) is 13.2 Å². The average Bonchev–Trinajstić information content (AvgIpc) is 2.68. The van der Waals surface area contributed by atoms with Gasteiger partial charge in [0, 0.05) is 0 Å². The van der Waals surface area contributed by atoms with Gasteiger partial charge in [0.25, 0.3) is 0 Å². The third-order valence-electron chi connectivity index (χ3n) is 3.95. The number of ether oxygens (including phenoxy) is 1. The SMILES string of the molecule is N#Cc1cccc(-c2cc(COCc3ccccc3)cc(C(=O)O)c2)c1. The van der Waals surface area contributed by atoms with Crippen LogP contribution in [0.4, 0.5) is 0 Å². The topological polar surface area (TPSA) is 70.3 Å². The van der Waals surface area contributed by atoms with E-state index in [9.17, 15) is 9.90 Å². The third-order valence-corrected chi connectivity index (χ3v) is 3.95. The van der Waals surface area contributed by atoms with Crippen LogP contribution < -0.4 is 0 Å². The van der Waals surface area contributed by atoms with Gasteiger partial charge in [0.2, 0.25) is 0 Å². The molecule has 128 valence electrons. The fraction of sp³-hybridized carbons (Fsp3) is 0.0909. The highest BCUT2D eigenvalue weighted by Crippen LogP contribution is 2.24. The maximum Gasteiger partial charge on any atom is 0.335 e. The Bertz CT molecular complexity index is 959. The Kier molecular flexibility index (Phi) is 5.43. The van der Waals surface area contributed by atoms with E-state index in [4.69, 9.17) is 10.00 Å². The Morgan fingerprint density at radius 1 is 0.885 bits per heavy atom. The zero-order valence-corrected chi connectivity index (χ0v) is 14.1. The third kappa shape index (κ3) is 4.35. The predicted molar refractivity (Wildman–Crippen MR) is 98.5 cm³/mol. The lowest BCUT2D eigenvalue weighted by molar-refractivity contribution is 0.0696. The highest BCUT2D eigenvalue weighted by atomic mass is 16.5. The van der Waals surface area contributed by atoms with Crippen molar-refractivity contribution in [2.24, 2.45) is 0 Å². The molecule has 0 unspecified atom stereocenters. The standard InChI is InChI=1S/C22H17NO3/c23-13-17-7-4-8-19(9-17)20-10-18(11-21(12-20)22(24)25)15-26-14-16-5-2-1-3-6-16/h1-12H,14-15H2,(H,24,25). The molecule has 0 heterocycles. The van der Waals surface area contributed by atoms with Crippen molar-refractivity contribution in [2.75, 3.05) is 0 Å². The quantitative estimate of drug-likeness (QED) is 0.708. The van der Waals surface area contributed by atoms with Gasteiger partial charge in [0.1, 0.15) is 0 Å². The Morgan fingerprint density at radius 3 is 2.38 bits per heavy atom. The lowest BCUT2D eigenvalue weighted by Crippen LogP contribution is -2.01. The number of hydrogen-bond acceptors (Lipinski definition) is 3. The molecule has 1 N–H and O–H groups in total. The number of carboxylic acids is 1. The molecule has 0 atom stereocenters. The summed E-state index contributed by atoms with van der Waals surface area (Å²) in [4.78, 5) is 11.5. The minimum atomic E-state index is -0.993. The first-order chi connectivity index (χ1) is 12.7. The molecule has 0 aliphatic rings. The number of carboxylic acid groups (broad SMARTS) is 1. The van der Waals surface area contributed by atoms with Crippen LogP contribution in [0.3, 0.4) is 0 Å². The summed E-state index contributed by atoms with van der Waals surface area (Å²) in [5.41, 5.74) is 4.12. The van der Waals surface area contributed by atoms with Gasteiger partial charge in [0.05, 0.1) is 30.4 Å². The maximum absolute atomic E-state index is 11.5. The van der Waals surface area contributed by atoms with E-state index < -0.39 is 5.97 Å². The number of rotatable bonds is 6. The monoisotopic (exact) mass is 343 g/mol. The molecule has 0 fully saturated rings. The zero-order valence-electron chi connectivity index (χ0n) is 14.1. The van der Waals surface area contributed by atoms with Gasteiger partial charge in [-0.1, -0.05) is 42.5 Å². The van der Waals surface area contributed by atoms with E-state index >= 15 is 0 Å². The molecule has 0 spiro atoms. The van der Waals surface area contributed by atoms with Gasteiger partial charge in [-0.15, -0.1) is 0 Å². The molecule has 0 radical (unpaired) electrons.